The number of nitrogens with zero attached hydrogens (tertiary/aromatic N) is 2. The van der Waals surface area contributed by atoms with Crippen molar-refractivity contribution in [1.82, 2.24) is 10.2 Å². The lowest BCUT2D eigenvalue weighted by Crippen LogP contribution is -2.59. The predicted octanol–water partition coefficient (Wildman–Crippen LogP) is 2.07. The summed E-state index contributed by atoms with van der Waals surface area (Å²) < 4.78 is 0. The van der Waals surface area contributed by atoms with Crippen LogP contribution < -0.4 is 5.32 Å². The van der Waals surface area contributed by atoms with Crippen molar-refractivity contribution in [2.45, 2.75) is 19.4 Å². The molecule has 0 aromatic heterocycles. The molecule has 0 radical (unpaired) electrons. The molecule has 0 aliphatic carbocycles. The minimum Gasteiger partial charge on any atom is -0.333 e. The van der Waals surface area contributed by atoms with Gasteiger partial charge >= 0.3 is 0 Å². The quantitative estimate of drug-likeness (QED) is 0.667. The molecule has 0 unspecified atom stereocenters. The first-order valence-corrected chi connectivity index (χ1v) is 6.88. The minimum atomic E-state index is -0.567. The number of rotatable bonds is 5. The van der Waals surface area contributed by atoms with Gasteiger partial charge in [-0.2, -0.15) is 0 Å². The number of carbonyl (C=O) groups excluding carboxylic acids is 1. The van der Waals surface area contributed by atoms with E-state index in [0.29, 0.717) is 6.54 Å². The summed E-state index contributed by atoms with van der Waals surface area (Å²) in [6, 6.07) is 4.26. The largest absolute Gasteiger partial charge is 0.333 e. The van der Waals surface area contributed by atoms with Crippen molar-refractivity contribution in [3.8, 4) is 0 Å². The SMILES string of the molecule is CCCN(C(=O)c1ccc(Cl)cc1[N+](=O)[O-])C1CNC1. The highest BCUT2D eigenvalue weighted by atomic mass is 35.5. The summed E-state index contributed by atoms with van der Waals surface area (Å²) in [5.74, 6) is -0.304. The number of nitro benzene ring substituents is 1. The Morgan fingerprint density at radius 2 is 2.25 bits per heavy atom. The second-order valence-corrected chi connectivity index (χ2v) is 5.17. The fourth-order valence-corrected chi connectivity index (χ4v) is 2.34. The van der Waals surface area contributed by atoms with Gasteiger partial charge in [0.2, 0.25) is 0 Å². The number of nitro groups is 1. The van der Waals surface area contributed by atoms with Crippen LogP contribution in [0.1, 0.15) is 23.7 Å². The number of carbonyl (C=O) groups is 1. The summed E-state index contributed by atoms with van der Waals surface area (Å²) in [5.41, 5.74) is -0.143. The van der Waals surface area contributed by atoms with E-state index in [1.807, 2.05) is 6.92 Å². The summed E-state index contributed by atoms with van der Waals surface area (Å²) >= 11 is 5.77. The summed E-state index contributed by atoms with van der Waals surface area (Å²) in [4.78, 5) is 24.8. The lowest BCUT2D eigenvalue weighted by Gasteiger charge is -2.38. The maximum absolute atomic E-state index is 12.6. The summed E-state index contributed by atoms with van der Waals surface area (Å²) in [6.07, 6.45) is 0.809. The van der Waals surface area contributed by atoms with E-state index in [0.717, 1.165) is 19.5 Å². The molecule has 1 amide bonds. The van der Waals surface area contributed by atoms with Gasteiger partial charge in [-0.1, -0.05) is 18.5 Å². The molecule has 1 aromatic carbocycles. The molecular weight excluding hydrogens is 282 g/mol. The van der Waals surface area contributed by atoms with Crippen LogP contribution in [0.3, 0.4) is 0 Å². The molecule has 1 N–H and O–H groups in total. The number of hydrogen-bond acceptors (Lipinski definition) is 4. The smallest absolute Gasteiger partial charge is 0.283 e. The fraction of sp³-hybridized carbons (Fsp3) is 0.462. The first kappa shape index (κ1) is 14.7. The van der Waals surface area contributed by atoms with E-state index in [2.05, 4.69) is 5.32 Å². The maximum atomic E-state index is 12.6. The minimum absolute atomic E-state index is 0.0970. The number of halogens is 1. The van der Waals surface area contributed by atoms with Gasteiger partial charge in [0, 0.05) is 30.7 Å². The van der Waals surface area contributed by atoms with Gasteiger partial charge < -0.3 is 10.2 Å². The Morgan fingerprint density at radius 1 is 1.55 bits per heavy atom. The van der Waals surface area contributed by atoms with Crippen LogP contribution in [0.5, 0.6) is 0 Å². The zero-order valence-corrected chi connectivity index (χ0v) is 11.9. The van der Waals surface area contributed by atoms with Gasteiger partial charge in [-0.3, -0.25) is 14.9 Å². The molecule has 20 heavy (non-hydrogen) atoms. The topological polar surface area (TPSA) is 75.5 Å². The number of nitrogens with one attached hydrogen (secondary N) is 1. The molecule has 1 saturated heterocycles. The van der Waals surface area contributed by atoms with Gasteiger partial charge in [0.15, 0.2) is 0 Å². The second-order valence-electron chi connectivity index (χ2n) is 4.73. The van der Waals surface area contributed by atoms with Gasteiger partial charge in [-0.25, -0.2) is 0 Å². The molecule has 0 bridgehead atoms. The highest BCUT2D eigenvalue weighted by molar-refractivity contribution is 6.31. The van der Waals surface area contributed by atoms with Gasteiger partial charge in [0.1, 0.15) is 5.56 Å². The third-order valence-corrected chi connectivity index (χ3v) is 3.55. The molecule has 1 fully saturated rings. The molecule has 6 nitrogen and oxygen atoms in total. The number of hydrogen-bond donors (Lipinski definition) is 1. The average Bonchev–Trinajstić information content (AvgIpc) is 2.35. The third kappa shape index (κ3) is 2.91. The molecule has 1 aliphatic heterocycles. The third-order valence-electron chi connectivity index (χ3n) is 3.31. The van der Waals surface area contributed by atoms with E-state index >= 15 is 0 Å². The molecule has 108 valence electrons. The molecular formula is C13H16ClN3O3. The average molecular weight is 298 g/mol. The summed E-state index contributed by atoms with van der Waals surface area (Å²) in [7, 11) is 0. The summed E-state index contributed by atoms with van der Waals surface area (Å²) in [5, 5.41) is 14.4. The Balaban J connectivity index is 2.33. The van der Waals surface area contributed by atoms with Crippen LogP contribution in [0.15, 0.2) is 18.2 Å². The van der Waals surface area contributed by atoms with Crippen LogP contribution in [0.2, 0.25) is 5.02 Å². The van der Waals surface area contributed by atoms with Gasteiger partial charge in [0.05, 0.1) is 11.0 Å². The Kier molecular flexibility index (Phi) is 4.57. The fourth-order valence-electron chi connectivity index (χ4n) is 2.18. The molecule has 1 aliphatic rings. The van der Waals surface area contributed by atoms with E-state index in [-0.39, 0.29) is 28.2 Å². The normalized spacial score (nSPS) is 14.7. The van der Waals surface area contributed by atoms with Crippen molar-refractivity contribution in [3.05, 3.63) is 38.9 Å². The van der Waals surface area contributed by atoms with Crippen LogP contribution in [0, 0.1) is 10.1 Å². The molecule has 2 rings (SSSR count). The van der Waals surface area contributed by atoms with E-state index in [1.54, 1.807) is 4.90 Å². The molecule has 0 saturated carbocycles. The van der Waals surface area contributed by atoms with Crippen molar-refractivity contribution < 1.29 is 9.72 Å². The Bertz CT molecular complexity index is 532. The van der Waals surface area contributed by atoms with Crippen molar-refractivity contribution in [3.63, 3.8) is 0 Å². The van der Waals surface area contributed by atoms with Crippen molar-refractivity contribution in [2.24, 2.45) is 0 Å². The lowest BCUT2D eigenvalue weighted by molar-refractivity contribution is -0.385. The van der Waals surface area contributed by atoms with E-state index in [4.69, 9.17) is 11.6 Å². The van der Waals surface area contributed by atoms with Crippen molar-refractivity contribution in [2.75, 3.05) is 19.6 Å². The molecule has 7 heteroatoms. The lowest BCUT2D eigenvalue weighted by atomic mass is 10.1. The van der Waals surface area contributed by atoms with Crippen LogP contribution in [0.4, 0.5) is 5.69 Å². The molecule has 1 heterocycles. The Labute approximate surface area is 121 Å². The Morgan fingerprint density at radius 3 is 2.75 bits per heavy atom. The van der Waals surface area contributed by atoms with Crippen LogP contribution >= 0.6 is 11.6 Å². The highest BCUT2D eigenvalue weighted by Crippen LogP contribution is 2.25. The number of amides is 1. The van der Waals surface area contributed by atoms with E-state index in [1.165, 1.54) is 18.2 Å². The second kappa shape index (κ2) is 6.19. The van der Waals surface area contributed by atoms with Crippen molar-refractivity contribution in [1.29, 1.82) is 0 Å². The number of benzene rings is 1. The van der Waals surface area contributed by atoms with Crippen molar-refractivity contribution >= 4 is 23.2 Å². The summed E-state index contributed by atoms with van der Waals surface area (Å²) in [6.45, 7) is 4.02. The maximum Gasteiger partial charge on any atom is 0.283 e. The monoisotopic (exact) mass is 297 g/mol. The Hall–Kier alpha value is -1.66. The predicted molar refractivity (Wildman–Crippen MR) is 76.1 cm³/mol. The zero-order valence-electron chi connectivity index (χ0n) is 11.1. The van der Waals surface area contributed by atoms with Crippen LogP contribution in [-0.2, 0) is 0 Å². The zero-order chi connectivity index (χ0) is 14.7. The first-order chi connectivity index (χ1) is 9.54. The van der Waals surface area contributed by atoms with Gasteiger partial charge in [-0.15, -0.1) is 0 Å². The molecule has 0 atom stereocenters. The molecule has 1 aromatic rings. The molecule has 0 spiro atoms. The van der Waals surface area contributed by atoms with Gasteiger partial charge in [-0.05, 0) is 18.6 Å². The van der Waals surface area contributed by atoms with Crippen LogP contribution in [0.25, 0.3) is 0 Å². The first-order valence-electron chi connectivity index (χ1n) is 6.50. The standard InChI is InChI=1S/C13H16ClN3O3/c1-2-5-16(10-7-15-8-10)13(18)11-4-3-9(14)6-12(11)17(19)20/h3-4,6,10,15H,2,5,7-8H2,1H3. The highest BCUT2D eigenvalue weighted by Gasteiger charge is 2.32. The van der Waals surface area contributed by atoms with Crippen LogP contribution in [-0.4, -0.2) is 41.4 Å². The van der Waals surface area contributed by atoms with Gasteiger partial charge in [0.25, 0.3) is 11.6 Å². The van der Waals surface area contributed by atoms with E-state index in [9.17, 15) is 14.9 Å². The van der Waals surface area contributed by atoms with E-state index < -0.39 is 4.92 Å².